The first-order valence-corrected chi connectivity index (χ1v) is 7.58. The summed E-state index contributed by atoms with van der Waals surface area (Å²) in [6, 6.07) is 9.49. The Morgan fingerprint density at radius 2 is 2.16 bits per heavy atom. The standard InChI is InChI=1S/C14H11NO2S2/c16-14(13-2-1-6-19-13)15-8-11-3-4-12(17-11)10-5-7-18-9-10/h1-7,9H,8H2,(H,15,16). The smallest absolute Gasteiger partial charge is 0.261 e. The van der Waals surface area contributed by atoms with E-state index in [1.807, 2.05) is 40.4 Å². The van der Waals surface area contributed by atoms with Crippen LogP contribution in [0.5, 0.6) is 0 Å². The molecule has 0 unspecified atom stereocenters. The van der Waals surface area contributed by atoms with Crippen LogP contribution in [0.1, 0.15) is 15.4 Å². The van der Waals surface area contributed by atoms with E-state index in [1.54, 1.807) is 17.4 Å². The lowest BCUT2D eigenvalue weighted by Crippen LogP contribution is -2.21. The summed E-state index contributed by atoms with van der Waals surface area (Å²) >= 11 is 3.06. The topological polar surface area (TPSA) is 42.2 Å². The van der Waals surface area contributed by atoms with Crippen molar-refractivity contribution >= 4 is 28.6 Å². The fraction of sp³-hybridized carbons (Fsp3) is 0.0714. The molecule has 3 nitrogen and oxygen atoms in total. The van der Waals surface area contributed by atoms with Crippen LogP contribution in [-0.2, 0) is 6.54 Å². The highest BCUT2D eigenvalue weighted by Crippen LogP contribution is 2.24. The molecule has 5 heteroatoms. The van der Waals surface area contributed by atoms with E-state index in [-0.39, 0.29) is 5.91 Å². The van der Waals surface area contributed by atoms with Gasteiger partial charge in [-0.2, -0.15) is 11.3 Å². The number of amides is 1. The van der Waals surface area contributed by atoms with Crippen molar-refractivity contribution in [3.05, 3.63) is 57.1 Å². The van der Waals surface area contributed by atoms with Crippen molar-refractivity contribution in [3.8, 4) is 11.3 Å². The lowest BCUT2D eigenvalue weighted by atomic mass is 10.3. The summed E-state index contributed by atoms with van der Waals surface area (Å²) in [5.41, 5.74) is 1.07. The molecular formula is C14H11NO2S2. The summed E-state index contributed by atoms with van der Waals surface area (Å²) in [5.74, 6) is 1.52. The lowest BCUT2D eigenvalue weighted by molar-refractivity contribution is 0.0952. The van der Waals surface area contributed by atoms with Gasteiger partial charge in [0.25, 0.3) is 5.91 Å². The maximum absolute atomic E-state index is 11.8. The van der Waals surface area contributed by atoms with Gasteiger partial charge in [-0.1, -0.05) is 6.07 Å². The molecule has 0 fully saturated rings. The van der Waals surface area contributed by atoms with Crippen LogP contribution in [0.3, 0.4) is 0 Å². The summed E-state index contributed by atoms with van der Waals surface area (Å²) in [5, 5.41) is 8.77. The van der Waals surface area contributed by atoms with E-state index in [0.717, 1.165) is 17.1 Å². The third kappa shape index (κ3) is 2.77. The van der Waals surface area contributed by atoms with E-state index in [4.69, 9.17) is 4.42 Å². The van der Waals surface area contributed by atoms with Gasteiger partial charge in [-0.05, 0) is 35.0 Å². The first-order valence-electron chi connectivity index (χ1n) is 5.76. The van der Waals surface area contributed by atoms with Crippen LogP contribution >= 0.6 is 22.7 Å². The first kappa shape index (κ1) is 12.2. The summed E-state index contributed by atoms with van der Waals surface area (Å²) in [6.45, 7) is 0.404. The van der Waals surface area contributed by atoms with Gasteiger partial charge < -0.3 is 9.73 Å². The van der Waals surface area contributed by atoms with E-state index in [1.165, 1.54) is 11.3 Å². The Morgan fingerprint density at radius 1 is 1.21 bits per heavy atom. The molecule has 0 saturated carbocycles. The van der Waals surface area contributed by atoms with Gasteiger partial charge in [-0.25, -0.2) is 0 Å². The second kappa shape index (κ2) is 5.42. The minimum absolute atomic E-state index is 0.0662. The van der Waals surface area contributed by atoms with E-state index < -0.39 is 0 Å². The minimum Gasteiger partial charge on any atom is -0.459 e. The fourth-order valence-electron chi connectivity index (χ4n) is 1.70. The molecule has 3 aromatic heterocycles. The highest BCUT2D eigenvalue weighted by Gasteiger charge is 2.08. The van der Waals surface area contributed by atoms with Crippen molar-refractivity contribution in [2.45, 2.75) is 6.54 Å². The Kier molecular flexibility index (Phi) is 3.48. The molecule has 0 atom stereocenters. The molecule has 0 saturated heterocycles. The second-order valence-corrected chi connectivity index (χ2v) is 5.67. The zero-order chi connectivity index (χ0) is 13.1. The molecule has 3 rings (SSSR count). The fourth-order valence-corrected chi connectivity index (χ4v) is 2.98. The number of carbonyl (C=O) groups excluding carboxylic acids is 1. The Balaban J connectivity index is 1.63. The average Bonchev–Trinajstić information content (AvgIpc) is 3.14. The van der Waals surface area contributed by atoms with Crippen LogP contribution in [-0.4, -0.2) is 5.91 Å². The number of hydrogen-bond donors (Lipinski definition) is 1. The molecule has 3 heterocycles. The molecule has 1 N–H and O–H groups in total. The van der Waals surface area contributed by atoms with Gasteiger partial charge in [-0.3, -0.25) is 4.79 Å². The zero-order valence-electron chi connectivity index (χ0n) is 9.96. The maximum Gasteiger partial charge on any atom is 0.261 e. The highest BCUT2D eigenvalue weighted by atomic mass is 32.1. The molecule has 0 aliphatic carbocycles. The van der Waals surface area contributed by atoms with Gasteiger partial charge >= 0.3 is 0 Å². The summed E-state index contributed by atoms with van der Waals surface area (Å²) in [7, 11) is 0. The molecule has 0 spiro atoms. The Labute approximate surface area is 118 Å². The van der Waals surface area contributed by atoms with E-state index in [0.29, 0.717) is 11.4 Å². The number of thiophene rings is 2. The van der Waals surface area contributed by atoms with Crippen LogP contribution in [0.15, 0.2) is 50.9 Å². The van der Waals surface area contributed by atoms with E-state index in [2.05, 4.69) is 5.32 Å². The van der Waals surface area contributed by atoms with Crippen molar-refractivity contribution in [3.63, 3.8) is 0 Å². The maximum atomic E-state index is 11.8. The van der Waals surface area contributed by atoms with Crippen LogP contribution < -0.4 is 5.32 Å². The molecule has 1 amide bonds. The van der Waals surface area contributed by atoms with Crippen molar-refractivity contribution in [1.82, 2.24) is 5.32 Å². The summed E-state index contributed by atoms with van der Waals surface area (Å²) in [6.07, 6.45) is 0. The zero-order valence-corrected chi connectivity index (χ0v) is 11.6. The van der Waals surface area contributed by atoms with Crippen LogP contribution in [0.25, 0.3) is 11.3 Å². The molecule has 3 aromatic rings. The van der Waals surface area contributed by atoms with Crippen molar-refractivity contribution in [2.24, 2.45) is 0 Å². The number of carbonyl (C=O) groups is 1. The molecular weight excluding hydrogens is 278 g/mol. The predicted octanol–water partition coefficient (Wildman–Crippen LogP) is 4.00. The third-order valence-electron chi connectivity index (χ3n) is 2.64. The molecule has 0 aromatic carbocycles. The Hall–Kier alpha value is -1.85. The number of hydrogen-bond acceptors (Lipinski definition) is 4. The van der Waals surface area contributed by atoms with Crippen molar-refractivity contribution in [2.75, 3.05) is 0 Å². The average molecular weight is 289 g/mol. The number of rotatable bonds is 4. The van der Waals surface area contributed by atoms with Gasteiger partial charge in [0.15, 0.2) is 0 Å². The quantitative estimate of drug-likeness (QED) is 0.789. The van der Waals surface area contributed by atoms with E-state index in [9.17, 15) is 4.79 Å². The van der Waals surface area contributed by atoms with E-state index >= 15 is 0 Å². The monoisotopic (exact) mass is 289 g/mol. The molecule has 0 aliphatic rings. The second-order valence-electron chi connectivity index (χ2n) is 3.94. The van der Waals surface area contributed by atoms with Gasteiger partial charge in [0.1, 0.15) is 11.5 Å². The number of nitrogens with one attached hydrogen (secondary N) is 1. The Bertz CT molecular complexity index is 654. The van der Waals surface area contributed by atoms with Crippen LogP contribution in [0.2, 0.25) is 0 Å². The molecule has 0 bridgehead atoms. The summed E-state index contributed by atoms with van der Waals surface area (Å²) < 4.78 is 5.69. The predicted molar refractivity (Wildman–Crippen MR) is 77.5 cm³/mol. The lowest BCUT2D eigenvalue weighted by Gasteiger charge is -2.00. The van der Waals surface area contributed by atoms with Gasteiger partial charge in [-0.15, -0.1) is 11.3 Å². The SMILES string of the molecule is O=C(NCc1ccc(-c2ccsc2)o1)c1cccs1. The number of furan rings is 1. The molecule has 0 radical (unpaired) electrons. The third-order valence-corrected chi connectivity index (χ3v) is 4.19. The van der Waals surface area contributed by atoms with Crippen LogP contribution in [0.4, 0.5) is 0 Å². The van der Waals surface area contributed by atoms with Crippen molar-refractivity contribution in [1.29, 1.82) is 0 Å². The largest absolute Gasteiger partial charge is 0.459 e. The summed E-state index contributed by atoms with van der Waals surface area (Å²) in [4.78, 5) is 12.5. The van der Waals surface area contributed by atoms with Crippen LogP contribution in [0, 0.1) is 0 Å². The van der Waals surface area contributed by atoms with Gasteiger partial charge in [0, 0.05) is 10.9 Å². The minimum atomic E-state index is -0.0662. The highest BCUT2D eigenvalue weighted by molar-refractivity contribution is 7.12. The van der Waals surface area contributed by atoms with Gasteiger partial charge in [0.05, 0.1) is 11.4 Å². The van der Waals surface area contributed by atoms with Crippen molar-refractivity contribution < 1.29 is 9.21 Å². The normalized spacial score (nSPS) is 10.5. The Morgan fingerprint density at radius 3 is 2.89 bits per heavy atom. The molecule has 19 heavy (non-hydrogen) atoms. The molecule has 0 aliphatic heterocycles. The first-order chi connectivity index (χ1) is 9.33. The van der Waals surface area contributed by atoms with Gasteiger partial charge in [0.2, 0.25) is 0 Å². The molecule has 96 valence electrons.